The topological polar surface area (TPSA) is 30.5 Å². The van der Waals surface area contributed by atoms with Gasteiger partial charge in [0.1, 0.15) is 5.75 Å². The summed E-state index contributed by atoms with van der Waals surface area (Å²) in [4.78, 5) is 0. The summed E-state index contributed by atoms with van der Waals surface area (Å²) in [6, 6.07) is 6.68. The summed E-state index contributed by atoms with van der Waals surface area (Å²) in [7, 11) is 3.44. The van der Waals surface area contributed by atoms with Gasteiger partial charge in [-0.15, -0.1) is 0 Å². The number of methoxy groups -OCH3 is 2. The van der Waals surface area contributed by atoms with E-state index in [9.17, 15) is 0 Å². The molecule has 0 aliphatic carbocycles. The summed E-state index contributed by atoms with van der Waals surface area (Å²) in [5.74, 6) is 0.869. The van der Waals surface area contributed by atoms with Crippen molar-refractivity contribution in [3.63, 3.8) is 0 Å². The van der Waals surface area contributed by atoms with E-state index in [1.807, 2.05) is 6.07 Å². The molecule has 1 aromatic carbocycles. The van der Waals surface area contributed by atoms with Crippen LogP contribution in [-0.4, -0.2) is 32.9 Å². The number of hydrogen-bond acceptors (Lipinski definition) is 3. The van der Waals surface area contributed by atoms with E-state index in [1.165, 1.54) is 5.56 Å². The fraction of sp³-hybridized carbons (Fsp3) is 0.600. The van der Waals surface area contributed by atoms with Crippen molar-refractivity contribution in [3.8, 4) is 5.75 Å². The quantitative estimate of drug-likeness (QED) is 0.792. The SMILES string of the molecule is CCNC(Cc1ccc(OC)c(Br)c1)CC(C)OC. The first-order chi connectivity index (χ1) is 9.10. The van der Waals surface area contributed by atoms with Gasteiger partial charge in [0.25, 0.3) is 0 Å². The van der Waals surface area contributed by atoms with Crippen LogP contribution in [0.5, 0.6) is 5.75 Å². The predicted molar refractivity (Wildman–Crippen MR) is 83.0 cm³/mol. The van der Waals surface area contributed by atoms with Crippen LogP contribution in [-0.2, 0) is 11.2 Å². The van der Waals surface area contributed by atoms with Gasteiger partial charge in [0.2, 0.25) is 0 Å². The summed E-state index contributed by atoms with van der Waals surface area (Å²) in [6.07, 6.45) is 2.27. The Kier molecular flexibility index (Phi) is 7.42. The predicted octanol–water partition coefficient (Wildman–Crippen LogP) is 3.40. The molecule has 0 bridgehead atoms. The molecule has 0 saturated heterocycles. The van der Waals surface area contributed by atoms with Gasteiger partial charge in [-0.3, -0.25) is 0 Å². The van der Waals surface area contributed by atoms with Crippen molar-refractivity contribution in [3.05, 3.63) is 28.2 Å². The first-order valence-corrected chi connectivity index (χ1v) is 7.48. The zero-order chi connectivity index (χ0) is 14.3. The molecule has 1 N–H and O–H groups in total. The molecule has 0 heterocycles. The van der Waals surface area contributed by atoms with Crippen molar-refractivity contribution in [1.82, 2.24) is 5.32 Å². The van der Waals surface area contributed by atoms with Crippen molar-refractivity contribution in [2.24, 2.45) is 0 Å². The van der Waals surface area contributed by atoms with E-state index >= 15 is 0 Å². The molecule has 0 radical (unpaired) electrons. The minimum Gasteiger partial charge on any atom is -0.496 e. The van der Waals surface area contributed by atoms with Gasteiger partial charge in [-0.25, -0.2) is 0 Å². The molecule has 1 rings (SSSR count). The molecule has 2 unspecified atom stereocenters. The van der Waals surface area contributed by atoms with Crippen LogP contribution in [0.2, 0.25) is 0 Å². The highest BCUT2D eigenvalue weighted by atomic mass is 79.9. The fourth-order valence-corrected chi connectivity index (χ4v) is 2.73. The molecule has 0 aliphatic rings. The smallest absolute Gasteiger partial charge is 0.133 e. The lowest BCUT2D eigenvalue weighted by Gasteiger charge is -2.21. The maximum atomic E-state index is 5.36. The van der Waals surface area contributed by atoms with Gasteiger partial charge in [0.05, 0.1) is 17.7 Å². The van der Waals surface area contributed by atoms with Crippen molar-refractivity contribution < 1.29 is 9.47 Å². The number of likely N-dealkylation sites (N-methyl/N-ethyl adjacent to an activating group) is 1. The van der Waals surface area contributed by atoms with Crippen molar-refractivity contribution in [2.75, 3.05) is 20.8 Å². The lowest BCUT2D eigenvalue weighted by Crippen LogP contribution is -2.34. The van der Waals surface area contributed by atoms with Crippen LogP contribution in [0.1, 0.15) is 25.8 Å². The maximum Gasteiger partial charge on any atom is 0.133 e. The van der Waals surface area contributed by atoms with E-state index in [0.717, 1.165) is 29.6 Å². The molecule has 1 aromatic rings. The van der Waals surface area contributed by atoms with E-state index in [4.69, 9.17) is 9.47 Å². The average Bonchev–Trinajstić information content (AvgIpc) is 2.39. The van der Waals surface area contributed by atoms with Crippen molar-refractivity contribution in [2.45, 2.75) is 38.8 Å². The summed E-state index contributed by atoms with van der Waals surface area (Å²) in [5, 5.41) is 3.52. The van der Waals surface area contributed by atoms with Crippen LogP contribution in [0.25, 0.3) is 0 Å². The Morgan fingerprint density at radius 2 is 2.05 bits per heavy atom. The van der Waals surface area contributed by atoms with Crippen LogP contribution >= 0.6 is 15.9 Å². The number of nitrogens with one attached hydrogen (secondary N) is 1. The van der Waals surface area contributed by atoms with Crippen LogP contribution in [0.3, 0.4) is 0 Å². The van der Waals surface area contributed by atoms with Crippen LogP contribution in [0.15, 0.2) is 22.7 Å². The molecule has 2 atom stereocenters. The Morgan fingerprint density at radius 3 is 2.58 bits per heavy atom. The average molecular weight is 330 g/mol. The van der Waals surface area contributed by atoms with Gasteiger partial charge in [-0.2, -0.15) is 0 Å². The third-order valence-electron chi connectivity index (χ3n) is 3.21. The molecule has 0 aliphatic heterocycles. The van der Waals surface area contributed by atoms with E-state index in [0.29, 0.717) is 6.04 Å². The van der Waals surface area contributed by atoms with Crippen LogP contribution < -0.4 is 10.1 Å². The molecule has 19 heavy (non-hydrogen) atoms. The van der Waals surface area contributed by atoms with Gasteiger partial charge in [0, 0.05) is 13.2 Å². The summed E-state index contributed by atoms with van der Waals surface area (Å²) in [5.41, 5.74) is 1.29. The molecular weight excluding hydrogens is 306 g/mol. The van der Waals surface area contributed by atoms with E-state index in [-0.39, 0.29) is 6.10 Å². The molecule has 3 nitrogen and oxygen atoms in total. The lowest BCUT2D eigenvalue weighted by molar-refractivity contribution is 0.101. The molecule has 0 spiro atoms. The fourth-order valence-electron chi connectivity index (χ4n) is 2.15. The summed E-state index contributed by atoms with van der Waals surface area (Å²) < 4.78 is 11.6. The Hall–Kier alpha value is -0.580. The molecule has 0 aromatic heterocycles. The molecule has 0 saturated carbocycles. The van der Waals surface area contributed by atoms with Gasteiger partial charge in [0.15, 0.2) is 0 Å². The molecule has 4 heteroatoms. The van der Waals surface area contributed by atoms with E-state index < -0.39 is 0 Å². The number of benzene rings is 1. The minimum atomic E-state index is 0.269. The molecule has 108 valence electrons. The van der Waals surface area contributed by atoms with Gasteiger partial charge in [-0.1, -0.05) is 13.0 Å². The highest BCUT2D eigenvalue weighted by Crippen LogP contribution is 2.26. The first kappa shape index (κ1) is 16.5. The van der Waals surface area contributed by atoms with Crippen LogP contribution in [0, 0.1) is 0 Å². The second-order valence-electron chi connectivity index (χ2n) is 4.71. The van der Waals surface area contributed by atoms with Crippen LogP contribution in [0.4, 0.5) is 0 Å². The Bertz CT molecular complexity index is 384. The van der Waals surface area contributed by atoms with Crippen molar-refractivity contribution >= 4 is 15.9 Å². The Morgan fingerprint density at radius 1 is 1.32 bits per heavy atom. The molecule has 0 amide bonds. The normalized spacial score (nSPS) is 14.2. The van der Waals surface area contributed by atoms with E-state index in [1.54, 1.807) is 14.2 Å². The number of rotatable bonds is 8. The van der Waals surface area contributed by atoms with Gasteiger partial charge < -0.3 is 14.8 Å². The third kappa shape index (κ3) is 5.51. The first-order valence-electron chi connectivity index (χ1n) is 6.69. The summed E-state index contributed by atoms with van der Waals surface area (Å²) >= 11 is 3.53. The zero-order valence-corrected chi connectivity index (χ0v) is 13.8. The lowest BCUT2D eigenvalue weighted by atomic mass is 10.0. The highest BCUT2D eigenvalue weighted by Gasteiger charge is 2.13. The Labute approximate surface area is 124 Å². The highest BCUT2D eigenvalue weighted by molar-refractivity contribution is 9.10. The number of hydrogen-bond donors (Lipinski definition) is 1. The number of halogens is 1. The largest absolute Gasteiger partial charge is 0.496 e. The summed E-state index contributed by atoms with van der Waals surface area (Å²) in [6.45, 7) is 5.21. The molecule has 0 fully saturated rings. The second kappa shape index (κ2) is 8.56. The second-order valence-corrected chi connectivity index (χ2v) is 5.56. The minimum absolute atomic E-state index is 0.269. The number of ether oxygens (including phenoxy) is 2. The zero-order valence-electron chi connectivity index (χ0n) is 12.2. The van der Waals surface area contributed by atoms with E-state index in [2.05, 4.69) is 47.2 Å². The van der Waals surface area contributed by atoms with Gasteiger partial charge >= 0.3 is 0 Å². The molecular formula is C15H24BrNO2. The monoisotopic (exact) mass is 329 g/mol. The third-order valence-corrected chi connectivity index (χ3v) is 3.83. The van der Waals surface area contributed by atoms with Crippen molar-refractivity contribution in [1.29, 1.82) is 0 Å². The standard InChI is InChI=1S/C15H24BrNO2/c1-5-17-13(8-11(2)18-3)9-12-6-7-15(19-4)14(16)10-12/h6-7,10-11,13,17H,5,8-9H2,1-4H3. The maximum absolute atomic E-state index is 5.36. The van der Waals surface area contributed by atoms with Gasteiger partial charge in [-0.05, 0) is 59.9 Å². The Balaban J connectivity index is 2.70.